The van der Waals surface area contributed by atoms with Crippen molar-refractivity contribution in [1.29, 1.82) is 0 Å². The summed E-state index contributed by atoms with van der Waals surface area (Å²) in [7, 11) is 4.72. The van der Waals surface area contributed by atoms with Gasteiger partial charge in [0.25, 0.3) is 0 Å². The van der Waals surface area contributed by atoms with Gasteiger partial charge in [-0.3, -0.25) is 4.79 Å². The van der Waals surface area contributed by atoms with Crippen molar-refractivity contribution >= 4 is 5.97 Å². The van der Waals surface area contributed by atoms with Crippen LogP contribution in [0.2, 0.25) is 0 Å². The van der Waals surface area contributed by atoms with Crippen LogP contribution in [0.1, 0.15) is 6.92 Å². The Bertz CT molecular complexity index is 244. The average Bonchev–Trinajstić information content (AvgIpc) is 2.30. The first kappa shape index (κ1) is 14.4. The molecule has 100 valence electrons. The molecular weight excluding hydrogens is 228 g/mol. The van der Waals surface area contributed by atoms with E-state index in [4.69, 9.17) is 23.7 Å². The fraction of sp³-hybridized carbons (Fsp3) is 0.909. The molecule has 6 nitrogen and oxygen atoms in total. The lowest BCUT2D eigenvalue weighted by Crippen LogP contribution is -2.57. The van der Waals surface area contributed by atoms with Crippen LogP contribution in [0.3, 0.4) is 0 Å². The number of methoxy groups -OCH3 is 3. The molecule has 0 aromatic heterocycles. The highest BCUT2D eigenvalue weighted by atomic mass is 16.6. The van der Waals surface area contributed by atoms with Crippen molar-refractivity contribution < 1.29 is 28.5 Å². The van der Waals surface area contributed by atoms with Gasteiger partial charge >= 0.3 is 5.97 Å². The second kappa shape index (κ2) is 6.90. The fourth-order valence-corrected chi connectivity index (χ4v) is 2.02. The first-order valence-corrected chi connectivity index (χ1v) is 5.47. The summed E-state index contributed by atoms with van der Waals surface area (Å²) >= 11 is 0. The van der Waals surface area contributed by atoms with Gasteiger partial charge in [0.15, 0.2) is 6.10 Å². The molecule has 0 saturated carbocycles. The van der Waals surface area contributed by atoms with E-state index in [1.165, 1.54) is 6.92 Å². The molecule has 6 heteroatoms. The molecule has 0 spiro atoms. The highest BCUT2D eigenvalue weighted by Gasteiger charge is 2.42. The van der Waals surface area contributed by atoms with Gasteiger partial charge in [0, 0.05) is 28.3 Å². The summed E-state index contributed by atoms with van der Waals surface area (Å²) in [5.41, 5.74) is 0. The highest BCUT2D eigenvalue weighted by Crippen LogP contribution is 2.23. The molecule has 0 radical (unpaired) electrons. The summed E-state index contributed by atoms with van der Waals surface area (Å²) in [6, 6.07) is 0. The largest absolute Gasteiger partial charge is 0.457 e. The van der Waals surface area contributed by atoms with Gasteiger partial charge in [-0.05, 0) is 0 Å². The number of carbonyl (C=O) groups is 1. The van der Waals surface area contributed by atoms with Gasteiger partial charge in [-0.15, -0.1) is 0 Å². The second-order valence-corrected chi connectivity index (χ2v) is 3.88. The van der Waals surface area contributed by atoms with Gasteiger partial charge in [0.05, 0.1) is 13.2 Å². The molecule has 4 atom stereocenters. The van der Waals surface area contributed by atoms with Gasteiger partial charge in [-0.2, -0.15) is 0 Å². The number of hydrogen-bond acceptors (Lipinski definition) is 6. The predicted octanol–water partition coefficient (Wildman–Crippen LogP) is -0.00670. The number of carbonyl (C=O) groups excluding carboxylic acids is 1. The minimum absolute atomic E-state index is 0.221. The maximum absolute atomic E-state index is 11.0. The third-order valence-corrected chi connectivity index (χ3v) is 2.72. The molecule has 1 rings (SSSR count). The molecule has 1 aliphatic heterocycles. The number of hydrogen-bond donors (Lipinski definition) is 0. The van der Waals surface area contributed by atoms with E-state index in [9.17, 15) is 4.79 Å². The Balaban J connectivity index is 2.70. The Morgan fingerprint density at radius 3 is 2.35 bits per heavy atom. The quantitative estimate of drug-likeness (QED) is 0.638. The highest BCUT2D eigenvalue weighted by molar-refractivity contribution is 5.66. The third kappa shape index (κ3) is 3.64. The van der Waals surface area contributed by atoms with Crippen LogP contribution in [0.15, 0.2) is 0 Å². The van der Waals surface area contributed by atoms with E-state index in [-0.39, 0.29) is 30.9 Å². The smallest absolute Gasteiger partial charge is 0.303 e. The summed E-state index contributed by atoms with van der Waals surface area (Å²) in [6.07, 6.45) is -1.34. The van der Waals surface area contributed by atoms with E-state index in [1.807, 2.05) is 0 Å². The van der Waals surface area contributed by atoms with E-state index < -0.39 is 6.10 Å². The molecular formula is C11H20O6. The first-order valence-electron chi connectivity index (χ1n) is 5.47. The van der Waals surface area contributed by atoms with E-state index >= 15 is 0 Å². The third-order valence-electron chi connectivity index (χ3n) is 2.72. The van der Waals surface area contributed by atoms with Crippen LogP contribution >= 0.6 is 0 Å². The van der Waals surface area contributed by atoms with Gasteiger partial charge in [-0.25, -0.2) is 0 Å². The van der Waals surface area contributed by atoms with Crippen molar-refractivity contribution in [2.24, 2.45) is 0 Å². The van der Waals surface area contributed by atoms with Crippen LogP contribution in [0, 0.1) is 0 Å². The second-order valence-electron chi connectivity index (χ2n) is 3.88. The van der Waals surface area contributed by atoms with E-state index in [2.05, 4.69) is 0 Å². The SMILES string of the molecule is COC[C@H]1OC[C@H](OC(C)=O)[C@@H](OC)[C@H]1OC. The molecule has 0 amide bonds. The van der Waals surface area contributed by atoms with Crippen molar-refractivity contribution in [3.8, 4) is 0 Å². The van der Waals surface area contributed by atoms with Crippen LogP contribution in [0.25, 0.3) is 0 Å². The Kier molecular flexibility index (Phi) is 5.84. The summed E-state index contributed by atoms with van der Waals surface area (Å²) < 4.78 is 26.5. The fourth-order valence-electron chi connectivity index (χ4n) is 2.02. The Labute approximate surface area is 101 Å². The average molecular weight is 248 g/mol. The zero-order valence-electron chi connectivity index (χ0n) is 10.7. The lowest BCUT2D eigenvalue weighted by atomic mass is 10.00. The first-order chi connectivity index (χ1) is 8.13. The molecule has 0 aromatic carbocycles. The minimum atomic E-state index is -0.449. The molecule has 1 aliphatic rings. The maximum Gasteiger partial charge on any atom is 0.303 e. The summed E-state index contributed by atoms with van der Waals surface area (Å²) in [6.45, 7) is 2.05. The van der Waals surface area contributed by atoms with Crippen molar-refractivity contribution in [2.45, 2.75) is 31.3 Å². The molecule has 1 fully saturated rings. The normalized spacial score (nSPS) is 33.4. The molecule has 0 aromatic rings. The molecule has 0 aliphatic carbocycles. The van der Waals surface area contributed by atoms with Crippen LogP contribution in [-0.2, 0) is 28.5 Å². The van der Waals surface area contributed by atoms with Crippen molar-refractivity contribution in [1.82, 2.24) is 0 Å². The van der Waals surface area contributed by atoms with E-state index in [1.54, 1.807) is 21.3 Å². The number of esters is 1. The van der Waals surface area contributed by atoms with Crippen molar-refractivity contribution in [3.63, 3.8) is 0 Å². The van der Waals surface area contributed by atoms with Crippen LogP contribution in [0.5, 0.6) is 0 Å². The van der Waals surface area contributed by atoms with E-state index in [0.717, 1.165) is 0 Å². The van der Waals surface area contributed by atoms with Crippen LogP contribution < -0.4 is 0 Å². The summed E-state index contributed by atoms with van der Waals surface area (Å²) in [5.74, 6) is -0.360. The maximum atomic E-state index is 11.0. The van der Waals surface area contributed by atoms with Crippen LogP contribution in [-0.4, -0.2) is 64.9 Å². The minimum Gasteiger partial charge on any atom is -0.457 e. The molecule has 1 saturated heterocycles. The van der Waals surface area contributed by atoms with Gasteiger partial charge in [-0.1, -0.05) is 0 Å². The molecule has 0 unspecified atom stereocenters. The van der Waals surface area contributed by atoms with E-state index in [0.29, 0.717) is 6.61 Å². The zero-order valence-corrected chi connectivity index (χ0v) is 10.7. The zero-order chi connectivity index (χ0) is 12.8. The molecule has 0 N–H and O–H groups in total. The molecule has 1 heterocycles. The molecule has 17 heavy (non-hydrogen) atoms. The Morgan fingerprint density at radius 1 is 1.24 bits per heavy atom. The summed E-state index contributed by atoms with van der Waals surface area (Å²) in [4.78, 5) is 11.0. The van der Waals surface area contributed by atoms with Crippen molar-refractivity contribution in [2.75, 3.05) is 34.5 Å². The monoisotopic (exact) mass is 248 g/mol. The number of ether oxygens (including phenoxy) is 5. The Morgan fingerprint density at radius 2 is 1.88 bits per heavy atom. The number of rotatable bonds is 5. The topological polar surface area (TPSA) is 63.2 Å². The predicted molar refractivity (Wildman–Crippen MR) is 58.8 cm³/mol. The lowest BCUT2D eigenvalue weighted by molar-refractivity contribution is -0.223. The molecule has 0 bridgehead atoms. The standard InChI is InChI=1S/C11H20O6/c1-7(12)17-9-6-16-8(5-13-2)10(14-3)11(9)15-4/h8-11H,5-6H2,1-4H3/t8-,9+,10+,11-/m1/s1. The van der Waals surface area contributed by atoms with Gasteiger partial charge < -0.3 is 23.7 Å². The lowest BCUT2D eigenvalue weighted by Gasteiger charge is -2.40. The van der Waals surface area contributed by atoms with Crippen molar-refractivity contribution in [3.05, 3.63) is 0 Å². The summed E-state index contributed by atoms with van der Waals surface area (Å²) in [5, 5.41) is 0. The van der Waals surface area contributed by atoms with Gasteiger partial charge in [0.1, 0.15) is 18.3 Å². The Hall–Kier alpha value is -0.690. The van der Waals surface area contributed by atoms with Gasteiger partial charge in [0.2, 0.25) is 0 Å². The van der Waals surface area contributed by atoms with Crippen LogP contribution in [0.4, 0.5) is 0 Å².